The molecular weight excluding hydrogens is 362 g/mol. The number of nitrogens with zero attached hydrogens (tertiary/aromatic N) is 2. The van der Waals surface area contributed by atoms with Crippen molar-refractivity contribution in [3.63, 3.8) is 0 Å². The number of benzene rings is 3. The summed E-state index contributed by atoms with van der Waals surface area (Å²) < 4.78 is 5.25. The zero-order valence-electron chi connectivity index (χ0n) is 16.1. The molecule has 1 amide bonds. The minimum absolute atomic E-state index is 0.0900. The van der Waals surface area contributed by atoms with Gasteiger partial charge < -0.3 is 9.84 Å². The van der Waals surface area contributed by atoms with Crippen LogP contribution in [-0.2, 0) is 17.8 Å². The van der Waals surface area contributed by atoms with Crippen LogP contribution in [0.15, 0.2) is 83.4 Å². The first-order valence-electron chi connectivity index (χ1n) is 9.48. The monoisotopic (exact) mass is 383 g/mol. The fourth-order valence-corrected chi connectivity index (χ4v) is 3.10. The molecule has 29 heavy (non-hydrogen) atoms. The number of amides is 1. The van der Waals surface area contributed by atoms with Crippen molar-refractivity contribution in [3.05, 3.63) is 95.9 Å². The molecule has 3 aromatic carbocycles. The topological polar surface area (TPSA) is 68.0 Å². The number of carbonyl (C=O) groups is 1. The van der Waals surface area contributed by atoms with Crippen molar-refractivity contribution in [1.29, 1.82) is 0 Å². The minimum Gasteiger partial charge on any atom is -0.347 e. The van der Waals surface area contributed by atoms with E-state index in [1.807, 2.05) is 73.7 Å². The van der Waals surface area contributed by atoms with Gasteiger partial charge >= 0.3 is 0 Å². The van der Waals surface area contributed by atoms with Crippen molar-refractivity contribution >= 4 is 5.91 Å². The molecule has 0 bridgehead atoms. The van der Waals surface area contributed by atoms with Crippen molar-refractivity contribution in [1.82, 2.24) is 15.5 Å². The summed E-state index contributed by atoms with van der Waals surface area (Å²) in [6, 6.07) is 26.1. The molecule has 4 rings (SSSR count). The van der Waals surface area contributed by atoms with Gasteiger partial charge in [0.1, 0.15) is 0 Å². The SMILES string of the molecule is Cc1cccc(-c2noc(CNC(=O)Cc3ccc(-c4ccccc4)cc3)n2)c1. The standard InChI is InChI=1S/C24H21N3O2/c1-17-6-5-9-21(14-17)24-26-23(29-27-24)16-25-22(28)15-18-10-12-20(13-11-18)19-7-3-2-4-8-19/h2-14H,15-16H2,1H3,(H,25,28). The molecule has 0 radical (unpaired) electrons. The van der Waals surface area contributed by atoms with E-state index in [1.165, 1.54) is 0 Å². The van der Waals surface area contributed by atoms with E-state index in [1.54, 1.807) is 0 Å². The molecule has 0 aliphatic rings. The van der Waals surface area contributed by atoms with E-state index in [0.717, 1.165) is 27.8 Å². The Labute approximate surface area is 169 Å². The second-order valence-electron chi connectivity index (χ2n) is 6.90. The molecule has 0 fully saturated rings. The number of carbonyl (C=O) groups excluding carboxylic acids is 1. The van der Waals surface area contributed by atoms with Gasteiger partial charge in [-0.3, -0.25) is 4.79 Å². The fourth-order valence-electron chi connectivity index (χ4n) is 3.10. The van der Waals surface area contributed by atoms with Gasteiger partial charge in [-0.05, 0) is 29.7 Å². The van der Waals surface area contributed by atoms with Gasteiger partial charge in [0, 0.05) is 5.56 Å². The normalized spacial score (nSPS) is 10.7. The molecule has 1 aromatic heterocycles. The number of aromatic nitrogens is 2. The molecule has 1 heterocycles. The molecule has 0 atom stereocenters. The van der Waals surface area contributed by atoms with Gasteiger partial charge in [0.15, 0.2) is 0 Å². The number of hydrogen-bond acceptors (Lipinski definition) is 4. The number of hydrogen-bond donors (Lipinski definition) is 1. The molecule has 0 unspecified atom stereocenters. The van der Waals surface area contributed by atoms with Crippen LogP contribution in [-0.4, -0.2) is 16.0 Å². The Hall–Kier alpha value is -3.73. The lowest BCUT2D eigenvalue weighted by atomic mass is 10.0. The highest BCUT2D eigenvalue weighted by atomic mass is 16.5. The van der Waals surface area contributed by atoms with Gasteiger partial charge in [0.05, 0.1) is 13.0 Å². The van der Waals surface area contributed by atoms with Crippen LogP contribution in [0.2, 0.25) is 0 Å². The lowest BCUT2D eigenvalue weighted by Crippen LogP contribution is -2.24. The van der Waals surface area contributed by atoms with Crippen molar-refractivity contribution < 1.29 is 9.32 Å². The predicted molar refractivity (Wildman–Crippen MR) is 112 cm³/mol. The van der Waals surface area contributed by atoms with Gasteiger partial charge in [-0.1, -0.05) is 83.5 Å². The summed E-state index contributed by atoms with van der Waals surface area (Å²) in [6.45, 7) is 2.22. The summed E-state index contributed by atoms with van der Waals surface area (Å²) in [5.74, 6) is 0.816. The summed E-state index contributed by atoms with van der Waals surface area (Å²) in [4.78, 5) is 16.6. The van der Waals surface area contributed by atoms with Crippen LogP contribution in [0.5, 0.6) is 0 Å². The summed E-state index contributed by atoms with van der Waals surface area (Å²) in [5.41, 5.74) is 5.26. The molecular formula is C24H21N3O2. The average molecular weight is 383 g/mol. The third-order valence-corrected chi connectivity index (χ3v) is 4.61. The lowest BCUT2D eigenvalue weighted by molar-refractivity contribution is -0.120. The zero-order valence-corrected chi connectivity index (χ0v) is 16.1. The van der Waals surface area contributed by atoms with E-state index in [9.17, 15) is 4.79 Å². The average Bonchev–Trinajstić information content (AvgIpc) is 3.23. The maximum atomic E-state index is 12.3. The van der Waals surface area contributed by atoms with E-state index in [2.05, 4.69) is 27.6 Å². The highest BCUT2D eigenvalue weighted by Gasteiger charge is 2.10. The van der Waals surface area contributed by atoms with Crippen molar-refractivity contribution in [2.75, 3.05) is 0 Å². The summed E-state index contributed by atoms with van der Waals surface area (Å²) in [5, 5.41) is 6.83. The second kappa shape index (κ2) is 8.52. The van der Waals surface area contributed by atoms with E-state index in [4.69, 9.17) is 4.52 Å². The molecule has 5 heteroatoms. The van der Waals surface area contributed by atoms with Crippen molar-refractivity contribution in [2.45, 2.75) is 19.9 Å². The van der Waals surface area contributed by atoms with E-state index in [-0.39, 0.29) is 12.5 Å². The molecule has 0 saturated carbocycles. The Kier molecular flexibility index (Phi) is 5.47. The predicted octanol–water partition coefficient (Wildman–Crippen LogP) is 4.57. The molecule has 144 valence electrons. The van der Waals surface area contributed by atoms with E-state index in [0.29, 0.717) is 18.1 Å². The third kappa shape index (κ3) is 4.76. The van der Waals surface area contributed by atoms with Gasteiger partial charge in [-0.2, -0.15) is 4.98 Å². The largest absolute Gasteiger partial charge is 0.347 e. The number of rotatable bonds is 6. The molecule has 0 aliphatic heterocycles. The first kappa shape index (κ1) is 18.6. The highest BCUT2D eigenvalue weighted by molar-refractivity contribution is 5.78. The molecule has 1 N–H and O–H groups in total. The van der Waals surface area contributed by atoms with Crippen LogP contribution in [0.1, 0.15) is 17.0 Å². The van der Waals surface area contributed by atoms with Gasteiger partial charge in [-0.25, -0.2) is 0 Å². The summed E-state index contributed by atoms with van der Waals surface area (Å²) in [6.07, 6.45) is 0.300. The molecule has 0 spiro atoms. The van der Waals surface area contributed by atoms with Crippen LogP contribution in [0.25, 0.3) is 22.5 Å². The Bertz CT molecular complexity index is 1100. The van der Waals surface area contributed by atoms with Crippen LogP contribution < -0.4 is 5.32 Å². The highest BCUT2D eigenvalue weighted by Crippen LogP contribution is 2.19. The molecule has 5 nitrogen and oxygen atoms in total. The molecule has 4 aromatic rings. The Morgan fingerprint density at radius 2 is 1.62 bits per heavy atom. The first-order chi connectivity index (χ1) is 14.2. The maximum Gasteiger partial charge on any atom is 0.246 e. The van der Waals surface area contributed by atoms with Gasteiger partial charge in [0.2, 0.25) is 17.6 Å². The van der Waals surface area contributed by atoms with Crippen molar-refractivity contribution in [2.24, 2.45) is 0 Å². The summed E-state index contributed by atoms with van der Waals surface area (Å²) in [7, 11) is 0. The van der Waals surface area contributed by atoms with E-state index >= 15 is 0 Å². The van der Waals surface area contributed by atoms with Crippen LogP contribution in [0.4, 0.5) is 0 Å². The third-order valence-electron chi connectivity index (χ3n) is 4.61. The van der Waals surface area contributed by atoms with Gasteiger partial charge in [-0.15, -0.1) is 0 Å². The van der Waals surface area contributed by atoms with Crippen LogP contribution in [0.3, 0.4) is 0 Å². The lowest BCUT2D eigenvalue weighted by Gasteiger charge is -2.05. The quantitative estimate of drug-likeness (QED) is 0.529. The molecule has 0 aliphatic carbocycles. The molecule has 0 saturated heterocycles. The Morgan fingerprint density at radius 1 is 0.897 bits per heavy atom. The Morgan fingerprint density at radius 3 is 2.38 bits per heavy atom. The fraction of sp³-hybridized carbons (Fsp3) is 0.125. The van der Waals surface area contributed by atoms with Crippen LogP contribution in [0, 0.1) is 6.92 Å². The number of aryl methyl sites for hydroxylation is 1. The maximum absolute atomic E-state index is 12.3. The zero-order chi connectivity index (χ0) is 20.1. The number of nitrogens with one attached hydrogen (secondary N) is 1. The Balaban J connectivity index is 1.32. The van der Waals surface area contributed by atoms with Crippen LogP contribution >= 0.6 is 0 Å². The van der Waals surface area contributed by atoms with Crippen molar-refractivity contribution in [3.8, 4) is 22.5 Å². The summed E-state index contributed by atoms with van der Waals surface area (Å²) >= 11 is 0. The smallest absolute Gasteiger partial charge is 0.246 e. The first-order valence-corrected chi connectivity index (χ1v) is 9.48. The minimum atomic E-state index is -0.0900. The van der Waals surface area contributed by atoms with E-state index < -0.39 is 0 Å². The van der Waals surface area contributed by atoms with Gasteiger partial charge in [0.25, 0.3) is 0 Å². The second-order valence-corrected chi connectivity index (χ2v) is 6.90.